The Morgan fingerprint density at radius 2 is 2.09 bits per heavy atom. The molecular formula is C8H15O3. The van der Waals surface area contributed by atoms with Gasteiger partial charge in [-0.1, -0.05) is 19.8 Å². The zero-order chi connectivity index (χ0) is 8.53. The molecular weight excluding hydrogens is 144 g/mol. The van der Waals surface area contributed by atoms with Crippen molar-refractivity contribution in [3.63, 3.8) is 0 Å². The van der Waals surface area contributed by atoms with Crippen LogP contribution < -0.4 is 0 Å². The first kappa shape index (κ1) is 10.3. The molecule has 0 aliphatic rings. The van der Waals surface area contributed by atoms with E-state index in [4.69, 9.17) is 4.74 Å². The van der Waals surface area contributed by atoms with E-state index in [0.717, 1.165) is 19.3 Å². The third-order valence-electron chi connectivity index (χ3n) is 1.13. The maximum atomic E-state index is 10.5. The molecule has 0 heterocycles. The molecule has 11 heavy (non-hydrogen) atoms. The molecule has 0 aliphatic carbocycles. The lowest BCUT2D eigenvalue weighted by atomic mass is 10.3. The van der Waals surface area contributed by atoms with Crippen molar-refractivity contribution < 1.29 is 14.3 Å². The summed E-state index contributed by atoms with van der Waals surface area (Å²) in [6.45, 7) is 6.22. The Kier molecular flexibility index (Phi) is 6.89. The Balaban J connectivity index is 3.04. The van der Waals surface area contributed by atoms with Crippen molar-refractivity contribution >= 4 is 6.16 Å². The van der Waals surface area contributed by atoms with Crippen LogP contribution in [0.25, 0.3) is 0 Å². The average Bonchev–Trinajstić information content (AvgIpc) is 1.99. The summed E-state index contributed by atoms with van der Waals surface area (Å²) < 4.78 is 9.24. The predicted molar refractivity (Wildman–Crippen MR) is 42.2 cm³/mol. The second-order valence-corrected chi connectivity index (χ2v) is 2.09. The SMILES string of the molecule is [CH2]CCCCOC(=O)OCC. The first-order valence-electron chi connectivity index (χ1n) is 3.90. The van der Waals surface area contributed by atoms with Crippen molar-refractivity contribution in [2.75, 3.05) is 13.2 Å². The summed E-state index contributed by atoms with van der Waals surface area (Å²) in [5.74, 6) is 0. The van der Waals surface area contributed by atoms with Gasteiger partial charge in [-0.05, 0) is 13.3 Å². The number of unbranched alkanes of at least 4 members (excludes halogenated alkanes) is 2. The molecule has 0 saturated carbocycles. The number of carbonyl (C=O) groups is 1. The minimum atomic E-state index is -0.573. The van der Waals surface area contributed by atoms with Crippen LogP contribution in [0.5, 0.6) is 0 Å². The maximum absolute atomic E-state index is 10.5. The molecule has 0 saturated heterocycles. The summed E-state index contributed by atoms with van der Waals surface area (Å²) in [7, 11) is 0. The Morgan fingerprint density at radius 3 is 2.64 bits per heavy atom. The van der Waals surface area contributed by atoms with Crippen molar-refractivity contribution in [1.29, 1.82) is 0 Å². The minimum absolute atomic E-state index is 0.369. The van der Waals surface area contributed by atoms with E-state index in [1.807, 2.05) is 0 Å². The van der Waals surface area contributed by atoms with Crippen molar-refractivity contribution in [2.24, 2.45) is 0 Å². The molecule has 0 rings (SSSR count). The summed E-state index contributed by atoms with van der Waals surface area (Å²) in [6, 6.07) is 0. The van der Waals surface area contributed by atoms with Crippen LogP contribution in [0.2, 0.25) is 0 Å². The largest absolute Gasteiger partial charge is 0.508 e. The van der Waals surface area contributed by atoms with Crippen molar-refractivity contribution in [1.82, 2.24) is 0 Å². The molecule has 0 fully saturated rings. The Morgan fingerprint density at radius 1 is 1.36 bits per heavy atom. The molecule has 0 spiro atoms. The van der Waals surface area contributed by atoms with E-state index in [0.29, 0.717) is 13.2 Å². The van der Waals surface area contributed by atoms with Gasteiger partial charge in [0.1, 0.15) is 0 Å². The van der Waals surface area contributed by atoms with Gasteiger partial charge in [0.25, 0.3) is 0 Å². The fourth-order valence-electron chi connectivity index (χ4n) is 0.594. The second-order valence-electron chi connectivity index (χ2n) is 2.09. The molecule has 0 atom stereocenters. The summed E-state index contributed by atoms with van der Waals surface area (Å²) in [4.78, 5) is 10.5. The summed E-state index contributed by atoms with van der Waals surface area (Å²) >= 11 is 0. The van der Waals surface area contributed by atoms with Gasteiger partial charge in [0, 0.05) is 0 Å². The van der Waals surface area contributed by atoms with Gasteiger partial charge in [0.15, 0.2) is 0 Å². The predicted octanol–water partition coefficient (Wildman–Crippen LogP) is 2.16. The zero-order valence-corrected chi connectivity index (χ0v) is 6.97. The molecule has 0 bridgehead atoms. The topological polar surface area (TPSA) is 35.5 Å². The monoisotopic (exact) mass is 159 g/mol. The summed E-state index contributed by atoms with van der Waals surface area (Å²) in [6.07, 6.45) is 2.16. The first-order valence-corrected chi connectivity index (χ1v) is 3.90. The standard InChI is InChI=1S/C8H15O3/c1-3-5-6-7-11-8(9)10-4-2/h1,3-7H2,2H3. The van der Waals surface area contributed by atoms with E-state index in [2.05, 4.69) is 11.7 Å². The van der Waals surface area contributed by atoms with Crippen LogP contribution in [0, 0.1) is 6.92 Å². The van der Waals surface area contributed by atoms with E-state index in [9.17, 15) is 4.79 Å². The Bertz CT molecular complexity index is 102. The lowest BCUT2D eigenvalue weighted by molar-refractivity contribution is 0.0580. The van der Waals surface area contributed by atoms with Gasteiger partial charge in [-0.2, -0.15) is 0 Å². The van der Waals surface area contributed by atoms with E-state index in [-0.39, 0.29) is 0 Å². The molecule has 0 amide bonds. The van der Waals surface area contributed by atoms with Gasteiger partial charge in [-0.3, -0.25) is 0 Å². The third kappa shape index (κ3) is 7.16. The van der Waals surface area contributed by atoms with Gasteiger partial charge in [0.2, 0.25) is 0 Å². The smallest absolute Gasteiger partial charge is 0.435 e. The molecule has 3 nitrogen and oxygen atoms in total. The number of rotatable bonds is 5. The lowest BCUT2D eigenvalue weighted by Gasteiger charge is -2.02. The van der Waals surface area contributed by atoms with E-state index in [1.165, 1.54) is 0 Å². The molecule has 0 aliphatic heterocycles. The van der Waals surface area contributed by atoms with Crippen LogP contribution in [0.3, 0.4) is 0 Å². The van der Waals surface area contributed by atoms with Crippen molar-refractivity contribution in [3.8, 4) is 0 Å². The van der Waals surface area contributed by atoms with E-state index < -0.39 is 6.16 Å². The number of hydrogen-bond donors (Lipinski definition) is 0. The van der Waals surface area contributed by atoms with Crippen LogP contribution in [-0.4, -0.2) is 19.4 Å². The fraction of sp³-hybridized carbons (Fsp3) is 0.750. The second kappa shape index (κ2) is 7.38. The number of ether oxygens (including phenoxy) is 2. The molecule has 0 aromatic rings. The number of hydrogen-bond acceptors (Lipinski definition) is 3. The molecule has 65 valence electrons. The van der Waals surface area contributed by atoms with Gasteiger partial charge >= 0.3 is 6.16 Å². The van der Waals surface area contributed by atoms with Crippen LogP contribution >= 0.6 is 0 Å². The third-order valence-corrected chi connectivity index (χ3v) is 1.13. The van der Waals surface area contributed by atoms with Crippen LogP contribution in [0.4, 0.5) is 4.79 Å². The summed E-state index contributed by atoms with van der Waals surface area (Å²) in [5, 5.41) is 0. The average molecular weight is 159 g/mol. The fourth-order valence-corrected chi connectivity index (χ4v) is 0.594. The van der Waals surface area contributed by atoms with Gasteiger partial charge in [-0.15, -0.1) is 0 Å². The Hall–Kier alpha value is -0.730. The highest BCUT2D eigenvalue weighted by molar-refractivity contribution is 5.59. The molecule has 0 aromatic carbocycles. The van der Waals surface area contributed by atoms with Crippen LogP contribution in [0.15, 0.2) is 0 Å². The van der Waals surface area contributed by atoms with Crippen molar-refractivity contribution in [3.05, 3.63) is 6.92 Å². The molecule has 0 unspecified atom stereocenters. The molecule has 3 heteroatoms. The zero-order valence-electron chi connectivity index (χ0n) is 6.97. The molecule has 1 radical (unpaired) electrons. The van der Waals surface area contributed by atoms with Crippen LogP contribution in [-0.2, 0) is 9.47 Å². The molecule has 0 aromatic heterocycles. The van der Waals surface area contributed by atoms with Gasteiger partial charge in [0.05, 0.1) is 13.2 Å². The quantitative estimate of drug-likeness (QED) is 0.455. The summed E-state index contributed by atoms with van der Waals surface area (Å²) in [5.41, 5.74) is 0. The van der Waals surface area contributed by atoms with Gasteiger partial charge in [-0.25, -0.2) is 4.79 Å². The molecule has 0 N–H and O–H groups in total. The van der Waals surface area contributed by atoms with Crippen molar-refractivity contribution in [2.45, 2.75) is 26.2 Å². The first-order chi connectivity index (χ1) is 5.31. The minimum Gasteiger partial charge on any atom is -0.435 e. The lowest BCUT2D eigenvalue weighted by Crippen LogP contribution is -2.07. The van der Waals surface area contributed by atoms with Crippen LogP contribution in [0.1, 0.15) is 26.2 Å². The Labute approximate surface area is 67.7 Å². The maximum Gasteiger partial charge on any atom is 0.508 e. The highest BCUT2D eigenvalue weighted by atomic mass is 16.7. The normalized spacial score (nSPS) is 9.27. The highest BCUT2D eigenvalue weighted by Crippen LogP contribution is 1.94. The number of carbonyl (C=O) groups excluding carboxylic acids is 1. The highest BCUT2D eigenvalue weighted by Gasteiger charge is 1.99. The van der Waals surface area contributed by atoms with E-state index >= 15 is 0 Å². The van der Waals surface area contributed by atoms with Gasteiger partial charge < -0.3 is 9.47 Å². The van der Waals surface area contributed by atoms with E-state index in [1.54, 1.807) is 6.92 Å².